The van der Waals surface area contributed by atoms with Crippen molar-refractivity contribution in [3.8, 4) is 0 Å². The fraction of sp³-hybridized carbons (Fsp3) is 0.188. The van der Waals surface area contributed by atoms with Crippen LogP contribution in [-0.2, 0) is 15.6 Å². The Morgan fingerprint density at radius 1 is 1.17 bits per heavy atom. The lowest BCUT2D eigenvalue weighted by Gasteiger charge is -2.14. The molecule has 0 saturated heterocycles. The fourth-order valence-corrected chi connectivity index (χ4v) is 3.06. The van der Waals surface area contributed by atoms with Crippen molar-refractivity contribution in [3.05, 3.63) is 60.4 Å². The maximum Gasteiger partial charge on any atom is 0.326 e. The van der Waals surface area contributed by atoms with Gasteiger partial charge in [-0.25, -0.2) is 4.79 Å². The molecule has 0 aliphatic rings. The van der Waals surface area contributed by atoms with Crippen LogP contribution >= 0.6 is 0 Å². The average molecular weight is 332 g/mol. The van der Waals surface area contributed by atoms with E-state index in [2.05, 4.69) is 10.3 Å². The lowest BCUT2D eigenvalue weighted by molar-refractivity contribution is -0.139. The monoisotopic (exact) mass is 332 g/mol. The Labute approximate surface area is 136 Å². The van der Waals surface area contributed by atoms with E-state index >= 15 is 0 Å². The molecule has 0 radical (unpaired) electrons. The lowest BCUT2D eigenvalue weighted by Crippen LogP contribution is -2.41. The van der Waals surface area contributed by atoms with Crippen molar-refractivity contribution in [1.82, 2.24) is 10.3 Å². The number of carboxylic acid groups (broad SMARTS) is 1. The Balaban J connectivity index is 1.96. The van der Waals surface area contributed by atoms with Crippen LogP contribution < -0.4 is 5.32 Å². The van der Waals surface area contributed by atoms with Crippen molar-refractivity contribution in [2.45, 2.75) is 17.4 Å². The number of nitrogens with one attached hydrogen (secondary N) is 1. The zero-order valence-electron chi connectivity index (χ0n) is 12.2. The lowest BCUT2D eigenvalue weighted by atomic mass is 10.2. The van der Waals surface area contributed by atoms with Gasteiger partial charge in [0.2, 0.25) is 0 Å². The first-order valence-electron chi connectivity index (χ1n) is 6.95. The van der Waals surface area contributed by atoms with Crippen LogP contribution in [-0.4, -0.2) is 38.0 Å². The Bertz CT molecular complexity index is 692. The van der Waals surface area contributed by atoms with Crippen molar-refractivity contribution >= 4 is 22.7 Å². The van der Waals surface area contributed by atoms with E-state index < -0.39 is 28.7 Å². The van der Waals surface area contributed by atoms with Crippen LogP contribution in [0.2, 0.25) is 0 Å². The summed E-state index contributed by atoms with van der Waals surface area (Å²) in [6, 6.07) is 10.8. The number of hydrogen-bond acceptors (Lipinski definition) is 4. The van der Waals surface area contributed by atoms with Crippen LogP contribution in [0.1, 0.15) is 16.8 Å². The average Bonchev–Trinajstić information content (AvgIpc) is 2.59. The number of carboxylic acids is 1. The highest BCUT2D eigenvalue weighted by Crippen LogP contribution is 2.08. The zero-order chi connectivity index (χ0) is 16.7. The van der Waals surface area contributed by atoms with E-state index in [0.29, 0.717) is 4.90 Å². The van der Waals surface area contributed by atoms with Crippen LogP contribution in [0.3, 0.4) is 0 Å². The van der Waals surface area contributed by atoms with Gasteiger partial charge in [0, 0.05) is 23.0 Å². The van der Waals surface area contributed by atoms with E-state index in [-0.39, 0.29) is 17.7 Å². The fourth-order valence-electron chi connectivity index (χ4n) is 1.91. The van der Waals surface area contributed by atoms with Crippen molar-refractivity contribution < 1.29 is 18.9 Å². The number of pyridine rings is 1. The number of carbonyl (C=O) groups excluding carboxylic acids is 1. The topological polar surface area (TPSA) is 96.4 Å². The Kier molecular flexibility index (Phi) is 5.99. The summed E-state index contributed by atoms with van der Waals surface area (Å²) in [5.74, 6) is -1.53. The minimum Gasteiger partial charge on any atom is -0.480 e. The zero-order valence-corrected chi connectivity index (χ0v) is 13.0. The van der Waals surface area contributed by atoms with E-state index in [1.807, 2.05) is 6.07 Å². The molecular weight excluding hydrogens is 316 g/mol. The van der Waals surface area contributed by atoms with Gasteiger partial charge in [-0.3, -0.25) is 14.0 Å². The molecular formula is C16H16N2O4S. The van der Waals surface area contributed by atoms with Gasteiger partial charge in [-0.2, -0.15) is 0 Å². The summed E-state index contributed by atoms with van der Waals surface area (Å²) in [4.78, 5) is 27.7. The summed E-state index contributed by atoms with van der Waals surface area (Å²) in [7, 11) is -1.31. The summed E-state index contributed by atoms with van der Waals surface area (Å²) in [5, 5.41) is 11.6. The molecule has 6 nitrogen and oxygen atoms in total. The van der Waals surface area contributed by atoms with Crippen LogP contribution in [0, 0.1) is 0 Å². The summed E-state index contributed by atoms with van der Waals surface area (Å²) in [6.07, 6.45) is 2.95. The molecule has 1 aromatic carbocycles. The number of aromatic nitrogens is 1. The molecule has 2 aromatic rings. The molecule has 0 spiro atoms. The first kappa shape index (κ1) is 16.8. The molecule has 23 heavy (non-hydrogen) atoms. The van der Waals surface area contributed by atoms with Gasteiger partial charge < -0.3 is 10.4 Å². The molecule has 0 unspecified atom stereocenters. The van der Waals surface area contributed by atoms with Crippen molar-refractivity contribution in [3.63, 3.8) is 0 Å². The molecule has 2 rings (SSSR count). The second-order valence-corrected chi connectivity index (χ2v) is 6.33. The standard InChI is InChI=1S/C16H16N2O4S/c19-15(12-5-4-9-17-11-12)18-14(16(20)21)8-10-23(22)13-6-2-1-3-7-13/h1-7,9,11,14H,8,10H2,(H,18,19)(H,20,21)/t14-,23-/m0/s1. The molecule has 2 atom stereocenters. The molecule has 120 valence electrons. The molecule has 0 saturated carbocycles. The molecule has 1 amide bonds. The second-order valence-electron chi connectivity index (χ2n) is 4.76. The Hall–Kier alpha value is -2.54. The van der Waals surface area contributed by atoms with Gasteiger partial charge >= 0.3 is 5.97 Å². The van der Waals surface area contributed by atoms with Gasteiger partial charge in [-0.1, -0.05) is 18.2 Å². The number of amides is 1. The second kappa shape index (κ2) is 8.19. The van der Waals surface area contributed by atoms with Crippen molar-refractivity contribution in [2.24, 2.45) is 0 Å². The molecule has 0 bridgehead atoms. The molecule has 7 heteroatoms. The quantitative estimate of drug-likeness (QED) is 0.800. The van der Waals surface area contributed by atoms with Crippen LogP contribution in [0.5, 0.6) is 0 Å². The maximum atomic E-state index is 12.1. The van der Waals surface area contributed by atoms with E-state index in [0.717, 1.165) is 0 Å². The van der Waals surface area contributed by atoms with E-state index in [1.165, 1.54) is 12.4 Å². The van der Waals surface area contributed by atoms with Gasteiger partial charge in [0.1, 0.15) is 6.04 Å². The molecule has 0 aliphatic heterocycles. The third-order valence-corrected chi connectivity index (χ3v) is 4.53. The third kappa shape index (κ3) is 5.00. The predicted octanol–water partition coefficient (Wildman–Crippen LogP) is 1.46. The number of nitrogens with zero attached hydrogens (tertiary/aromatic N) is 1. The summed E-state index contributed by atoms with van der Waals surface area (Å²) in [5.41, 5.74) is 0.280. The number of benzene rings is 1. The number of hydrogen-bond donors (Lipinski definition) is 2. The molecule has 0 aliphatic carbocycles. The van der Waals surface area contributed by atoms with E-state index in [1.54, 1.807) is 36.4 Å². The van der Waals surface area contributed by atoms with Gasteiger partial charge in [0.25, 0.3) is 5.91 Å². The Morgan fingerprint density at radius 2 is 1.91 bits per heavy atom. The van der Waals surface area contributed by atoms with Gasteiger partial charge in [0.15, 0.2) is 0 Å². The van der Waals surface area contributed by atoms with Crippen LogP contribution in [0.25, 0.3) is 0 Å². The number of aliphatic carboxylic acids is 1. The highest BCUT2D eigenvalue weighted by atomic mass is 32.2. The van der Waals surface area contributed by atoms with E-state index in [9.17, 15) is 18.9 Å². The van der Waals surface area contributed by atoms with Gasteiger partial charge in [0.05, 0.1) is 16.4 Å². The first-order valence-corrected chi connectivity index (χ1v) is 8.27. The first-order chi connectivity index (χ1) is 11.1. The van der Waals surface area contributed by atoms with Crippen molar-refractivity contribution in [1.29, 1.82) is 0 Å². The molecule has 1 aromatic heterocycles. The molecule has 1 heterocycles. The maximum absolute atomic E-state index is 12.1. The Morgan fingerprint density at radius 3 is 2.52 bits per heavy atom. The summed E-state index contributed by atoms with van der Waals surface area (Å²) < 4.78 is 12.1. The SMILES string of the molecule is O=C(N[C@@H](CC[S@](=O)c1ccccc1)C(=O)O)c1cccnc1. The predicted molar refractivity (Wildman–Crippen MR) is 85.5 cm³/mol. The minimum atomic E-state index is -1.31. The van der Waals surface area contributed by atoms with Crippen molar-refractivity contribution in [2.75, 3.05) is 5.75 Å². The largest absolute Gasteiger partial charge is 0.480 e. The highest BCUT2D eigenvalue weighted by molar-refractivity contribution is 7.85. The third-order valence-electron chi connectivity index (χ3n) is 3.13. The van der Waals surface area contributed by atoms with Crippen LogP contribution in [0.4, 0.5) is 0 Å². The summed E-state index contributed by atoms with van der Waals surface area (Å²) in [6.45, 7) is 0. The molecule has 0 fully saturated rings. The normalized spacial score (nSPS) is 13.0. The minimum absolute atomic E-state index is 0.0723. The summed E-state index contributed by atoms with van der Waals surface area (Å²) >= 11 is 0. The van der Waals surface area contributed by atoms with Gasteiger partial charge in [-0.05, 0) is 30.7 Å². The molecule has 2 N–H and O–H groups in total. The number of rotatable bonds is 7. The van der Waals surface area contributed by atoms with E-state index in [4.69, 9.17) is 0 Å². The van der Waals surface area contributed by atoms with Crippen LogP contribution in [0.15, 0.2) is 59.8 Å². The highest BCUT2D eigenvalue weighted by Gasteiger charge is 2.21. The smallest absolute Gasteiger partial charge is 0.326 e. The number of carbonyl (C=O) groups is 2. The van der Waals surface area contributed by atoms with Gasteiger partial charge in [-0.15, -0.1) is 0 Å².